The number of ether oxygens (including phenoxy) is 3. The average molecular weight is 374 g/mol. The molecule has 0 aromatic rings. The summed E-state index contributed by atoms with van der Waals surface area (Å²) in [5.41, 5.74) is -0.681. The molecule has 2 saturated heterocycles. The molecule has 0 radical (unpaired) electrons. The van der Waals surface area contributed by atoms with Crippen molar-refractivity contribution >= 4 is 6.09 Å². The van der Waals surface area contributed by atoms with Gasteiger partial charge >= 0.3 is 6.09 Å². The molecule has 0 aliphatic carbocycles. The van der Waals surface area contributed by atoms with Crippen LogP contribution < -0.4 is 5.32 Å². The molecule has 0 atom stereocenters. The largest absolute Gasteiger partial charge is 0.444 e. The highest BCUT2D eigenvalue weighted by Crippen LogP contribution is 2.20. The second-order valence-corrected chi connectivity index (χ2v) is 6.90. The van der Waals surface area contributed by atoms with Gasteiger partial charge in [-0.3, -0.25) is 4.90 Å². The number of halogens is 4. The maximum Gasteiger partial charge on any atom is 0.410 e. The third-order valence-electron chi connectivity index (χ3n) is 3.01. The molecule has 2 fully saturated rings. The van der Waals surface area contributed by atoms with E-state index >= 15 is 0 Å². The first-order valence-corrected chi connectivity index (χ1v) is 8.00. The summed E-state index contributed by atoms with van der Waals surface area (Å²) in [5.74, 6) is -5.68. The highest BCUT2D eigenvalue weighted by Gasteiger charge is 2.37. The van der Waals surface area contributed by atoms with Crippen LogP contribution in [0.15, 0.2) is 0 Å². The van der Waals surface area contributed by atoms with Crippen LogP contribution in [-0.4, -0.2) is 81.0 Å². The first-order chi connectivity index (χ1) is 11.4. The maximum absolute atomic E-state index is 13.1. The zero-order valence-corrected chi connectivity index (χ0v) is 14.7. The van der Waals surface area contributed by atoms with Crippen LogP contribution in [0, 0.1) is 0 Å². The number of amides is 1. The van der Waals surface area contributed by atoms with E-state index < -0.39 is 43.3 Å². The molecule has 0 aromatic carbocycles. The Morgan fingerprint density at radius 2 is 1.68 bits per heavy atom. The lowest BCUT2D eigenvalue weighted by molar-refractivity contribution is -0.0698. The molecule has 10 heteroatoms. The van der Waals surface area contributed by atoms with Gasteiger partial charge in [0.05, 0.1) is 26.3 Å². The standard InChI is InChI=1S/C10H17F2NO3.C5H9F2NO/c1-9(2,3)16-8(14)13-4-5-15-7-10(11,12)6-13;6-5(7)3-8-1-2-9-4-5/h4-7H2,1-3H3;8H,1-4H2. The number of nitrogens with one attached hydrogen (secondary N) is 1. The van der Waals surface area contributed by atoms with Crippen molar-refractivity contribution in [3.05, 3.63) is 0 Å². The van der Waals surface area contributed by atoms with Crippen molar-refractivity contribution in [3.8, 4) is 0 Å². The van der Waals surface area contributed by atoms with E-state index in [1.807, 2.05) is 0 Å². The van der Waals surface area contributed by atoms with E-state index in [0.717, 1.165) is 4.90 Å². The number of rotatable bonds is 0. The molecule has 1 N–H and O–H groups in total. The lowest BCUT2D eigenvalue weighted by Crippen LogP contribution is -2.43. The number of hydrogen-bond acceptors (Lipinski definition) is 5. The zero-order chi connectivity index (χ0) is 19.1. The Balaban J connectivity index is 0.000000293. The quantitative estimate of drug-likeness (QED) is 0.659. The predicted molar refractivity (Wildman–Crippen MR) is 82.2 cm³/mol. The van der Waals surface area contributed by atoms with Crippen LogP contribution in [0.4, 0.5) is 22.4 Å². The molecule has 148 valence electrons. The van der Waals surface area contributed by atoms with Crippen molar-refractivity contribution in [2.75, 3.05) is 52.6 Å². The van der Waals surface area contributed by atoms with E-state index in [2.05, 4.69) is 10.1 Å². The van der Waals surface area contributed by atoms with Gasteiger partial charge in [-0.25, -0.2) is 22.4 Å². The van der Waals surface area contributed by atoms with Crippen molar-refractivity contribution in [1.29, 1.82) is 0 Å². The second kappa shape index (κ2) is 9.00. The Labute approximate surface area is 144 Å². The summed E-state index contributed by atoms with van der Waals surface area (Å²) < 4.78 is 65.2. The summed E-state index contributed by atoms with van der Waals surface area (Å²) >= 11 is 0. The molecule has 0 bridgehead atoms. The highest BCUT2D eigenvalue weighted by molar-refractivity contribution is 5.68. The minimum Gasteiger partial charge on any atom is -0.444 e. The number of carbonyl (C=O) groups excluding carboxylic acids is 1. The Morgan fingerprint density at radius 3 is 2.32 bits per heavy atom. The van der Waals surface area contributed by atoms with Crippen LogP contribution in [-0.2, 0) is 14.2 Å². The summed E-state index contributed by atoms with van der Waals surface area (Å²) in [6.07, 6.45) is -0.724. The third-order valence-corrected chi connectivity index (χ3v) is 3.01. The molecule has 0 saturated carbocycles. The summed E-state index contributed by atoms with van der Waals surface area (Å²) in [7, 11) is 0. The van der Waals surface area contributed by atoms with Gasteiger partial charge in [-0.15, -0.1) is 0 Å². The smallest absolute Gasteiger partial charge is 0.410 e. The van der Waals surface area contributed by atoms with E-state index in [0.29, 0.717) is 13.2 Å². The van der Waals surface area contributed by atoms with Crippen LogP contribution in [0.1, 0.15) is 20.8 Å². The molecule has 25 heavy (non-hydrogen) atoms. The monoisotopic (exact) mass is 374 g/mol. The Hall–Kier alpha value is -1.13. The molecule has 1 amide bonds. The van der Waals surface area contributed by atoms with Gasteiger partial charge in [0, 0.05) is 13.1 Å². The molecule has 0 aromatic heterocycles. The van der Waals surface area contributed by atoms with Crippen LogP contribution in [0.5, 0.6) is 0 Å². The van der Waals surface area contributed by atoms with Crippen molar-refractivity contribution < 1.29 is 36.6 Å². The first kappa shape index (κ1) is 21.9. The van der Waals surface area contributed by atoms with E-state index in [4.69, 9.17) is 9.47 Å². The molecular weight excluding hydrogens is 348 g/mol. The van der Waals surface area contributed by atoms with Crippen LogP contribution in [0.2, 0.25) is 0 Å². The molecular formula is C15H26F4N2O4. The Kier molecular flexibility index (Phi) is 7.88. The molecule has 2 aliphatic rings. The van der Waals surface area contributed by atoms with Crippen LogP contribution in [0.3, 0.4) is 0 Å². The van der Waals surface area contributed by atoms with Crippen LogP contribution >= 0.6 is 0 Å². The summed E-state index contributed by atoms with van der Waals surface area (Å²) in [4.78, 5) is 12.6. The second-order valence-electron chi connectivity index (χ2n) is 6.90. The Bertz CT molecular complexity index is 420. The fourth-order valence-electron chi connectivity index (χ4n) is 1.97. The van der Waals surface area contributed by atoms with Crippen molar-refractivity contribution in [2.45, 2.75) is 38.2 Å². The lowest BCUT2D eigenvalue weighted by Gasteiger charge is -2.27. The fourth-order valence-corrected chi connectivity index (χ4v) is 1.97. The zero-order valence-electron chi connectivity index (χ0n) is 14.7. The van der Waals surface area contributed by atoms with Gasteiger partial charge in [-0.2, -0.15) is 0 Å². The normalized spacial score (nSPS) is 23.6. The number of alkyl halides is 4. The third kappa shape index (κ3) is 9.81. The minimum absolute atomic E-state index is 0.106. The first-order valence-electron chi connectivity index (χ1n) is 8.00. The topological polar surface area (TPSA) is 60.0 Å². The van der Waals surface area contributed by atoms with Crippen LogP contribution in [0.25, 0.3) is 0 Å². The van der Waals surface area contributed by atoms with Crippen molar-refractivity contribution in [1.82, 2.24) is 10.2 Å². The van der Waals surface area contributed by atoms with Gasteiger partial charge in [-0.1, -0.05) is 0 Å². The molecule has 2 aliphatic heterocycles. The Morgan fingerprint density at radius 1 is 1.08 bits per heavy atom. The minimum atomic E-state index is -3.01. The SMILES string of the molecule is CC(C)(C)OC(=O)N1CCOCC(F)(F)C1.FC1(F)CNCCOC1. The molecule has 2 rings (SSSR count). The number of nitrogens with zero attached hydrogens (tertiary/aromatic N) is 1. The van der Waals surface area contributed by atoms with E-state index in [1.165, 1.54) is 0 Å². The van der Waals surface area contributed by atoms with Gasteiger partial charge in [0.15, 0.2) is 0 Å². The molecule has 0 unspecified atom stereocenters. The predicted octanol–water partition coefficient (Wildman–Crippen LogP) is 2.13. The van der Waals surface area contributed by atoms with E-state index in [1.54, 1.807) is 20.8 Å². The average Bonchev–Trinajstić information content (AvgIpc) is 2.74. The van der Waals surface area contributed by atoms with E-state index in [9.17, 15) is 22.4 Å². The number of hydrogen-bond donors (Lipinski definition) is 1. The fraction of sp³-hybridized carbons (Fsp3) is 0.933. The summed E-state index contributed by atoms with van der Waals surface area (Å²) in [6.45, 7) is 4.22. The van der Waals surface area contributed by atoms with Crippen molar-refractivity contribution in [2.24, 2.45) is 0 Å². The summed E-state index contributed by atoms with van der Waals surface area (Å²) in [6, 6.07) is 0. The molecule has 2 heterocycles. The van der Waals surface area contributed by atoms with Gasteiger partial charge in [-0.05, 0) is 20.8 Å². The maximum atomic E-state index is 13.1. The van der Waals surface area contributed by atoms with Gasteiger partial charge in [0.25, 0.3) is 11.8 Å². The molecule has 0 spiro atoms. The molecule has 6 nitrogen and oxygen atoms in total. The van der Waals surface area contributed by atoms with Crippen molar-refractivity contribution in [3.63, 3.8) is 0 Å². The van der Waals surface area contributed by atoms with Gasteiger partial charge in [0.1, 0.15) is 18.8 Å². The lowest BCUT2D eigenvalue weighted by atomic mass is 10.2. The number of carbonyl (C=O) groups is 1. The van der Waals surface area contributed by atoms with Gasteiger partial charge in [0.2, 0.25) is 0 Å². The highest BCUT2D eigenvalue weighted by atomic mass is 19.3. The summed E-state index contributed by atoms with van der Waals surface area (Å²) in [5, 5.41) is 2.56. The van der Waals surface area contributed by atoms with Gasteiger partial charge < -0.3 is 19.5 Å². The van der Waals surface area contributed by atoms with E-state index in [-0.39, 0.29) is 19.7 Å².